The van der Waals surface area contributed by atoms with Crippen molar-refractivity contribution in [3.8, 4) is 0 Å². The Morgan fingerprint density at radius 1 is 1.30 bits per heavy atom. The van der Waals surface area contributed by atoms with Crippen LogP contribution in [0.15, 0.2) is 12.1 Å². The number of nitrogens with one attached hydrogen (secondary N) is 1. The van der Waals surface area contributed by atoms with Gasteiger partial charge in [-0.2, -0.15) is 0 Å². The van der Waals surface area contributed by atoms with Crippen LogP contribution in [0.4, 0.5) is 5.82 Å². The van der Waals surface area contributed by atoms with Gasteiger partial charge in [0.1, 0.15) is 16.0 Å². The minimum atomic E-state index is -0.272. The van der Waals surface area contributed by atoms with Gasteiger partial charge in [0.05, 0.1) is 16.4 Å². The minimum absolute atomic E-state index is 0.255. The molecule has 1 N–H and O–H groups in total. The lowest BCUT2D eigenvalue weighted by molar-refractivity contribution is 0.0950. The standard InChI is InChI=1S/C15H16Cl2N4OS/c1-9-6-13(21-4-2-3-5-21)20-12(19-9)8-18-15(22)10-7-11(16)23-14(10)17/h6-7H,2-5,8H2,1H3,(H,18,22). The number of anilines is 1. The highest BCUT2D eigenvalue weighted by Crippen LogP contribution is 2.31. The normalized spacial score (nSPS) is 14.3. The maximum atomic E-state index is 12.2. The van der Waals surface area contributed by atoms with Crippen LogP contribution in [0.1, 0.15) is 34.7 Å². The fourth-order valence-electron chi connectivity index (χ4n) is 2.55. The number of rotatable bonds is 4. The Morgan fingerprint density at radius 3 is 2.70 bits per heavy atom. The highest BCUT2D eigenvalue weighted by Gasteiger charge is 2.17. The highest BCUT2D eigenvalue weighted by atomic mass is 35.5. The van der Waals surface area contributed by atoms with Gasteiger partial charge in [-0.05, 0) is 25.8 Å². The Morgan fingerprint density at radius 2 is 2.04 bits per heavy atom. The molecule has 1 aliphatic heterocycles. The smallest absolute Gasteiger partial charge is 0.254 e. The number of carbonyl (C=O) groups is 1. The number of halogens is 2. The summed E-state index contributed by atoms with van der Waals surface area (Å²) in [6, 6.07) is 3.54. The molecule has 2 aromatic rings. The van der Waals surface area contributed by atoms with Crippen LogP contribution in [0, 0.1) is 6.92 Å². The van der Waals surface area contributed by atoms with E-state index < -0.39 is 0 Å². The zero-order valence-corrected chi connectivity index (χ0v) is 14.9. The molecule has 23 heavy (non-hydrogen) atoms. The Hall–Kier alpha value is -1.37. The van der Waals surface area contributed by atoms with E-state index >= 15 is 0 Å². The molecule has 0 bridgehead atoms. The molecular formula is C15H16Cl2N4OS. The second-order valence-corrected chi connectivity index (χ2v) is 7.68. The summed E-state index contributed by atoms with van der Waals surface area (Å²) in [4.78, 5) is 23.4. The maximum absolute atomic E-state index is 12.2. The quantitative estimate of drug-likeness (QED) is 0.891. The van der Waals surface area contributed by atoms with Crippen molar-refractivity contribution in [1.29, 1.82) is 0 Å². The van der Waals surface area contributed by atoms with Crippen molar-refractivity contribution < 1.29 is 4.79 Å². The van der Waals surface area contributed by atoms with Crippen molar-refractivity contribution in [1.82, 2.24) is 15.3 Å². The van der Waals surface area contributed by atoms with E-state index in [9.17, 15) is 4.79 Å². The van der Waals surface area contributed by atoms with E-state index in [1.165, 1.54) is 24.2 Å². The average Bonchev–Trinajstić information content (AvgIpc) is 3.14. The lowest BCUT2D eigenvalue weighted by Gasteiger charge is -2.17. The number of hydrogen-bond acceptors (Lipinski definition) is 5. The van der Waals surface area contributed by atoms with Crippen molar-refractivity contribution in [2.24, 2.45) is 0 Å². The van der Waals surface area contributed by atoms with Crippen molar-refractivity contribution >= 4 is 46.3 Å². The highest BCUT2D eigenvalue weighted by molar-refractivity contribution is 7.20. The third-order valence-electron chi connectivity index (χ3n) is 3.63. The fraction of sp³-hybridized carbons (Fsp3) is 0.400. The van der Waals surface area contributed by atoms with Crippen LogP contribution in [0.5, 0.6) is 0 Å². The van der Waals surface area contributed by atoms with Crippen LogP contribution < -0.4 is 10.2 Å². The number of amides is 1. The van der Waals surface area contributed by atoms with Crippen LogP contribution in [0.2, 0.25) is 8.67 Å². The maximum Gasteiger partial charge on any atom is 0.254 e. The Bertz CT molecular complexity index is 728. The van der Waals surface area contributed by atoms with E-state index in [4.69, 9.17) is 23.2 Å². The predicted octanol–water partition coefficient (Wildman–Crippen LogP) is 3.68. The summed E-state index contributed by atoms with van der Waals surface area (Å²) in [5, 5.41) is 2.80. The molecule has 0 aliphatic carbocycles. The number of aryl methyl sites for hydroxylation is 1. The van der Waals surface area contributed by atoms with Crippen molar-refractivity contribution in [2.75, 3.05) is 18.0 Å². The van der Waals surface area contributed by atoms with Gasteiger partial charge < -0.3 is 10.2 Å². The van der Waals surface area contributed by atoms with Gasteiger partial charge in [0.15, 0.2) is 0 Å². The molecule has 1 aliphatic rings. The molecule has 122 valence electrons. The molecule has 2 aromatic heterocycles. The molecule has 0 aromatic carbocycles. The fourth-order valence-corrected chi connectivity index (χ4v) is 4.01. The molecule has 0 atom stereocenters. The first kappa shape index (κ1) is 16.5. The molecular weight excluding hydrogens is 355 g/mol. The SMILES string of the molecule is Cc1cc(N2CCCC2)nc(CNC(=O)c2cc(Cl)sc2Cl)n1. The number of hydrogen-bond donors (Lipinski definition) is 1. The van der Waals surface area contributed by atoms with Crippen LogP contribution >= 0.6 is 34.5 Å². The van der Waals surface area contributed by atoms with Gasteiger partial charge in [-0.3, -0.25) is 4.79 Å². The lowest BCUT2D eigenvalue weighted by Crippen LogP contribution is -2.25. The molecule has 0 saturated carbocycles. The largest absolute Gasteiger partial charge is 0.357 e. The van der Waals surface area contributed by atoms with Crippen molar-refractivity contribution in [3.05, 3.63) is 37.9 Å². The summed E-state index contributed by atoms with van der Waals surface area (Å²) in [6.07, 6.45) is 2.37. The first-order valence-corrected chi connectivity index (χ1v) is 8.93. The number of nitrogens with zero attached hydrogens (tertiary/aromatic N) is 3. The molecule has 0 radical (unpaired) electrons. The monoisotopic (exact) mass is 370 g/mol. The van der Waals surface area contributed by atoms with Gasteiger partial charge in [0.25, 0.3) is 5.91 Å². The number of thiophene rings is 1. The van der Waals surface area contributed by atoms with E-state index in [0.717, 1.165) is 24.6 Å². The lowest BCUT2D eigenvalue weighted by atomic mass is 10.3. The molecule has 1 fully saturated rings. The topological polar surface area (TPSA) is 58.1 Å². The van der Waals surface area contributed by atoms with Crippen LogP contribution in [0.3, 0.4) is 0 Å². The van der Waals surface area contributed by atoms with Crippen LogP contribution in [0.25, 0.3) is 0 Å². The second-order valence-electron chi connectivity index (χ2n) is 5.40. The second kappa shape index (κ2) is 7.03. The third kappa shape index (κ3) is 3.94. The minimum Gasteiger partial charge on any atom is -0.357 e. The first-order valence-electron chi connectivity index (χ1n) is 7.35. The van der Waals surface area contributed by atoms with Crippen LogP contribution in [-0.4, -0.2) is 29.0 Å². The Labute approximate surface area is 148 Å². The summed E-state index contributed by atoms with van der Waals surface area (Å²) in [6.45, 7) is 4.23. The Balaban J connectivity index is 1.70. The molecule has 3 heterocycles. The molecule has 1 saturated heterocycles. The zero-order valence-electron chi connectivity index (χ0n) is 12.6. The molecule has 0 unspecified atom stereocenters. The molecule has 3 rings (SSSR count). The predicted molar refractivity (Wildman–Crippen MR) is 93.7 cm³/mol. The van der Waals surface area contributed by atoms with E-state index in [1.807, 2.05) is 13.0 Å². The average molecular weight is 371 g/mol. The van der Waals surface area contributed by atoms with Gasteiger partial charge in [-0.1, -0.05) is 23.2 Å². The Kier molecular flexibility index (Phi) is 5.04. The van der Waals surface area contributed by atoms with Gasteiger partial charge in [-0.15, -0.1) is 11.3 Å². The van der Waals surface area contributed by atoms with Crippen molar-refractivity contribution in [2.45, 2.75) is 26.3 Å². The number of aromatic nitrogens is 2. The van der Waals surface area contributed by atoms with Gasteiger partial charge in [-0.25, -0.2) is 9.97 Å². The summed E-state index contributed by atoms with van der Waals surface area (Å²) in [7, 11) is 0. The van der Waals surface area contributed by atoms with Crippen molar-refractivity contribution in [3.63, 3.8) is 0 Å². The molecule has 8 heteroatoms. The van der Waals surface area contributed by atoms with E-state index in [2.05, 4.69) is 20.2 Å². The van der Waals surface area contributed by atoms with E-state index in [1.54, 1.807) is 6.07 Å². The molecule has 0 spiro atoms. The molecule has 5 nitrogen and oxygen atoms in total. The van der Waals surface area contributed by atoms with E-state index in [0.29, 0.717) is 20.1 Å². The van der Waals surface area contributed by atoms with Crippen LogP contribution in [-0.2, 0) is 6.54 Å². The summed E-state index contributed by atoms with van der Waals surface area (Å²) in [5.41, 5.74) is 1.27. The van der Waals surface area contributed by atoms with E-state index in [-0.39, 0.29) is 12.5 Å². The summed E-state index contributed by atoms with van der Waals surface area (Å²) < 4.78 is 0.874. The third-order valence-corrected chi connectivity index (χ3v) is 5.11. The van der Waals surface area contributed by atoms with Gasteiger partial charge in [0, 0.05) is 24.8 Å². The summed E-state index contributed by atoms with van der Waals surface area (Å²) >= 11 is 13.0. The molecule has 1 amide bonds. The number of carbonyl (C=O) groups excluding carboxylic acids is 1. The summed E-state index contributed by atoms with van der Waals surface area (Å²) in [5.74, 6) is 1.25. The first-order chi connectivity index (χ1) is 11.0. The zero-order chi connectivity index (χ0) is 16.4. The van der Waals surface area contributed by atoms with Gasteiger partial charge >= 0.3 is 0 Å². The van der Waals surface area contributed by atoms with Gasteiger partial charge in [0.2, 0.25) is 0 Å².